The lowest BCUT2D eigenvalue weighted by atomic mass is 9.92. The van der Waals surface area contributed by atoms with Gasteiger partial charge >= 0.3 is 0 Å². The first-order valence-corrected chi connectivity index (χ1v) is 8.25. The molecule has 24 heavy (non-hydrogen) atoms. The number of amides is 2. The fourth-order valence-electron chi connectivity index (χ4n) is 2.97. The van der Waals surface area contributed by atoms with E-state index in [1.165, 1.54) is 0 Å². The second-order valence-electron chi connectivity index (χ2n) is 6.11. The molecule has 1 aliphatic heterocycles. The van der Waals surface area contributed by atoms with Gasteiger partial charge in [0.05, 0.1) is 11.6 Å². The van der Waals surface area contributed by atoms with Crippen LogP contribution in [-0.2, 0) is 4.79 Å². The highest BCUT2D eigenvalue weighted by molar-refractivity contribution is 6.30. The van der Waals surface area contributed by atoms with Crippen molar-refractivity contribution in [3.8, 4) is 5.69 Å². The number of likely N-dealkylation sites (tertiary alicyclic amines) is 1. The van der Waals surface area contributed by atoms with Crippen LogP contribution >= 0.6 is 11.6 Å². The largest absolute Gasteiger partial charge is 0.369 e. The predicted molar refractivity (Wildman–Crippen MR) is 91.0 cm³/mol. The first-order valence-electron chi connectivity index (χ1n) is 7.87. The summed E-state index contributed by atoms with van der Waals surface area (Å²) >= 11 is 5.99. The first kappa shape index (κ1) is 16.5. The molecule has 1 saturated heterocycles. The molecule has 0 spiro atoms. The van der Waals surface area contributed by atoms with Crippen molar-refractivity contribution in [1.82, 2.24) is 14.7 Å². The summed E-state index contributed by atoms with van der Waals surface area (Å²) in [5.41, 5.74) is 6.52. The monoisotopic (exact) mass is 346 g/mol. The SMILES string of the molecule is CC1CCC(C(N)=O)CN1C(=O)c1ccn(-c2cccc(Cl)c2)n1. The van der Waals surface area contributed by atoms with Crippen molar-refractivity contribution in [2.45, 2.75) is 25.8 Å². The van der Waals surface area contributed by atoms with E-state index in [4.69, 9.17) is 17.3 Å². The molecule has 1 aromatic heterocycles. The molecule has 0 aliphatic carbocycles. The maximum absolute atomic E-state index is 12.8. The van der Waals surface area contributed by atoms with Crippen molar-refractivity contribution < 1.29 is 9.59 Å². The normalized spacial score (nSPS) is 20.8. The van der Waals surface area contributed by atoms with Gasteiger partial charge in [-0.05, 0) is 44.0 Å². The van der Waals surface area contributed by atoms with Crippen LogP contribution in [0.25, 0.3) is 5.69 Å². The highest BCUT2D eigenvalue weighted by Crippen LogP contribution is 2.23. The van der Waals surface area contributed by atoms with Crippen molar-refractivity contribution in [2.24, 2.45) is 11.7 Å². The van der Waals surface area contributed by atoms with Gasteiger partial charge in [-0.2, -0.15) is 5.10 Å². The van der Waals surface area contributed by atoms with Gasteiger partial charge in [0, 0.05) is 23.8 Å². The van der Waals surface area contributed by atoms with E-state index >= 15 is 0 Å². The fraction of sp³-hybridized carbons (Fsp3) is 0.353. The van der Waals surface area contributed by atoms with E-state index in [-0.39, 0.29) is 23.8 Å². The Morgan fingerprint density at radius 3 is 2.79 bits per heavy atom. The molecule has 7 heteroatoms. The molecule has 2 unspecified atom stereocenters. The number of piperidine rings is 1. The highest BCUT2D eigenvalue weighted by Gasteiger charge is 2.32. The number of nitrogens with two attached hydrogens (primary N) is 1. The number of benzene rings is 1. The quantitative estimate of drug-likeness (QED) is 0.925. The van der Waals surface area contributed by atoms with E-state index in [0.717, 1.165) is 18.5 Å². The van der Waals surface area contributed by atoms with Crippen LogP contribution in [0.1, 0.15) is 30.3 Å². The Bertz CT molecular complexity index is 773. The molecular formula is C17H19ClN4O2. The third kappa shape index (κ3) is 3.28. The number of hydrogen-bond acceptors (Lipinski definition) is 3. The van der Waals surface area contributed by atoms with Crippen LogP contribution in [0, 0.1) is 5.92 Å². The van der Waals surface area contributed by atoms with Gasteiger partial charge in [-0.15, -0.1) is 0 Å². The smallest absolute Gasteiger partial charge is 0.274 e. The molecule has 3 rings (SSSR count). The van der Waals surface area contributed by atoms with Gasteiger partial charge in [0.25, 0.3) is 5.91 Å². The number of carbonyl (C=O) groups excluding carboxylic acids is 2. The first-order chi connectivity index (χ1) is 11.5. The van der Waals surface area contributed by atoms with Crippen LogP contribution in [0.2, 0.25) is 5.02 Å². The fourth-order valence-corrected chi connectivity index (χ4v) is 3.15. The third-order valence-corrected chi connectivity index (χ3v) is 4.66. The molecule has 0 bridgehead atoms. The van der Waals surface area contributed by atoms with Crippen LogP contribution in [-0.4, -0.2) is 39.1 Å². The Labute approximate surface area is 145 Å². The average molecular weight is 347 g/mol. The molecule has 0 saturated carbocycles. The van der Waals surface area contributed by atoms with E-state index in [1.54, 1.807) is 34.0 Å². The zero-order valence-corrected chi connectivity index (χ0v) is 14.1. The van der Waals surface area contributed by atoms with Gasteiger partial charge < -0.3 is 10.6 Å². The van der Waals surface area contributed by atoms with E-state index in [0.29, 0.717) is 17.3 Å². The number of rotatable bonds is 3. The number of carbonyl (C=O) groups is 2. The van der Waals surface area contributed by atoms with E-state index in [2.05, 4.69) is 5.10 Å². The minimum Gasteiger partial charge on any atom is -0.369 e. The van der Waals surface area contributed by atoms with Gasteiger partial charge in [-0.25, -0.2) is 4.68 Å². The molecule has 126 valence electrons. The van der Waals surface area contributed by atoms with E-state index < -0.39 is 0 Å². The summed E-state index contributed by atoms with van der Waals surface area (Å²) in [6, 6.07) is 8.97. The molecule has 2 aromatic rings. The summed E-state index contributed by atoms with van der Waals surface area (Å²) in [5.74, 6) is -0.835. The third-order valence-electron chi connectivity index (χ3n) is 4.43. The molecule has 1 fully saturated rings. The molecule has 2 atom stereocenters. The van der Waals surface area contributed by atoms with Gasteiger partial charge in [-0.1, -0.05) is 17.7 Å². The van der Waals surface area contributed by atoms with Crippen LogP contribution in [0.3, 0.4) is 0 Å². The van der Waals surface area contributed by atoms with Crippen LogP contribution in [0.4, 0.5) is 0 Å². The molecule has 6 nitrogen and oxygen atoms in total. The van der Waals surface area contributed by atoms with E-state index in [1.807, 2.05) is 19.1 Å². The lowest BCUT2D eigenvalue weighted by Gasteiger charge is -2.36. The second-order valence-corrected chi connectivity index (χ2v) is 6.55. The molecule has 1 aliphatic rings. The number of nitrogens with zero attached hydrogens (tertiary/aromatic N) is 3. The van der Waals surface area contributed by atoms with Crippen LogP contribution in [0.15, 0.2) is 36.5 Å². The van der Waals surface area contributed by atoms with Crippen molar-refractivity contribution in [2.75, 3.05) is 6.54 Å². The molecule has 2 heterocycles. The Morgan fingerprint density at radius 2 is 2.08 bits per heavy atom. The van der Waals surface area contributed by atoms with Crippen molar-refractivity contribution in [1.29, 1.82) is 0 Å². The molecule has 2 amide bonds. The number of aromatic nitrogens is 2. The van der Waals surface area contributed by atoms with Gasteiger partial charge in [0.2, 0.25) is 5.91 Å². The van der Waals surface area contributed by atoms with Gasteiger partial charge in [0.1, 0.15) is 0 Å². The maximum Gasteiger partial charge on any atom is 0.274 e. The minimum atomic E-state index is -0.357. The zero-order chi connectivity index (χ0) is 17.3. The summed E-state index contributed by atoms with van der Waals surface area (Å²) in [7, 11) is 0. The van der Waals surface area contributed by atoms with Crippen molar-refractivity contribution in [3.05, 3.63) is 47.2 Å². The molecule has 0 radical (unpaired) electrons. The summed E-state index contributed by atoms with van der Waals surface area (Å²) in [5, 5.41) is 4.95. The highest BCUT2D eigenvalue weighted by atomic mass is 35.5. The lowest BCUT2D eigenvalue weighted by Crippen LogP contribution is -2.48. The van der Waals surface area contributed by atoms with Gasteiger partial charge in [-0.3, -0.25) is 9.59 Å². The number of primary amides is 1. The molecule has 1 aromatic carbocycles. The predicted octanol–water partition coefficient (Wildman–Crippen LogP) is 2.25. The average Bonchev–Trinajstić information content (AvgIpc) is 3.04. The Hall–Kier alpha value is -2.34. The zero-order valence-electron chi connectivity index (χ0n) is 13.4. The molecule has 2 N–H and O–H groups in total. The minimum absolute atomic E-state index is 0.0596. The standard InChI is InChI=1S/C17H19ClN4O2/c1-11-5-6-12(16(19)23)10-21(11)17(24)15-7-8-22(20-15)14-4-2-3-13(18)9-14/h2-4,7-9,11-12H,5-6,10H2,1H3,(H2,19,23). The summed E-state index contributed by atoms with van der Waals surface area (Å²) in [6.45, 7) is 2.32. The van der Waals surface area contributed by atoms with Crippen LogP contribution < -0.4 is 5.73 Å². The van der Waals surface area contributed by atoms with Gasteiger partial charge in [0.15, 0.2) is 5.69 Å². The summed E-state index contributed by atoms with van der Waals surface area (Å²) < 4.78 is 1.61. The van der Waals surface area contributed by atoms with Crippen LogP contribution in [0.5, 0.6) is 0 Å². The Morgan fingerprint density at radius 1 is 1.29 bits per heavy atom. The number of halogens is 1. The van der Waals surface area contributed by atoms with Crippen molar-refractivity contribution in [3.63, 3.8) is 0 Å². The second kappa shape index (κ2) is 6.65. The topological polar surface area (TPSA) is 81.2 Å². The summed E-state index contributed by atoms with van der Waals surface area (Å²) in [6.07, 6.45) is 3.20. The molecular weight excluding hydrogens is 328 g/mol. The maximum atomic E-state index is 12.8. The van der Waals surface area contributed by atoms with Crippen molar-refractivity contribution >= 4 is 23.4 Å². The lowest BCUT2D eigenvalue weighted by molar-refractivity contribution is -0.123. The Kier molecular flexibility index (Phi) is 4.57. The summed E-state index contributed by atoms with van der Waals surface area (Å²) in [4.78, 5) is 25.9. The van der Waals surface area contributed by atoms with E-state index in [9.17, 15) is 9.59 Å². The Balaban J connectivity index is 1.81. The number of hydrogen-bond donors (Lipinski definition) is 1.